The van der Waals surface area contributed by atoms with E-state index in [4.69, 9.17) is 0 Å². The van der Waals surface area contributed by atoms with Crippen LogP contribution < -0.4 is 5.32 Å². The Morgan fingerprint density at radius 2 is 1.69 bits per heavy atom. The summed E-state index contributed by atoms with van der Waals surface area (Å²) in [5, 5.41) is 3.24. The standard InChI is InChI=1S/C9H20N2.C2H6/c1-6-11-8(10-5)7-9(2,3)4;1-2/h6-7H2,1-5H3,(H,10,11);1-2H3. The minimum atomic E-state index is 0.330. The summed E-state index contributed by atoms with van der Waals surface area (Å²) in [5.41, 5.74) is 0.330. The molecule has 0 rings (SSSR count). The van der Waals surface area contributed by atoms with Gasteiger partial charge in [0.05, 0.1) is 5.84 Å². The molecule has 13 heavy (non-hydrogen) atoms. The smallest absolute Gasteiger partial charge is 0.0964 e. The number of aliphatic imine (C=N–C) groups is 1. The van der Waals surface area contributed by atoms with Crippen LogP contribution in [0.15, 0.2) is 4.99 Å². The first-order chi connectivity index (χ1) is 5.99. The van der Waals surface area contributed by atoms with Gasteiger partial charge in [-0.3, -0.25) is 4.99 Å². The lowest BCUT2D eigenvalue weighted by Gasteiger charge is -2.19. The average Bonchev–Trinajstić information content (AvgIpc) is 2.05. The van der Waals surface area contributed by atoms with Gasteiger partial charge in [-0.2, -0.15) is 0 Å². The van der Waals surface area contributed by atoms with Crippen LogP contribution in [0.5, 0.6) is 0 Å². The van der Waals surface area contributed by atoms with Crippen molar-refractivity contribution < 1.29 is 0 Å². The van der Waals surface area contributed by atoms with Gasteiger partial charge in [-0.05, 0) is 12.3 Å². The second kappa shape index (κ2) is 8.09. The Kier molecular flexibility index (Phi) is 9.31. The Labute approximate surface area is 83.8 Å². The minimum absolute atomic E-state index is 0.330. The summed E-state index contributed by atoms with van der Waals surface area (Å²) >= 11 is 0. The molecular weight excluding hydrogens is 160 g/mol. The largest absolute Gasteiger partial charge is 0.374 e. The molecule has 0 heterocycles. The summed E-state index contributed by atoms with van der Waals surface area (Å²) in [6.07, 6.45) is 1.03. The Hall–Kier alpha value is -0.530. The van der Waals surface area contributed by atoms with Crippen LogP contribution in [-0.2, 0) is 0 Å². The van der Waals surface area contributed by atoms with Crippen molar-refractivity contribution in [3.8, 4) is 0 Å². The van der Waals surface area contributed by atoms with Crippen LogP contribution in [0.2, 0.25) is 0 Å². The second-order valence-corrected chi connectivity index (χ2v) is 3.94. The van der Waals surface area contributed by atoms with Gasteiger partial charge < -0.3 is 5.32 Å². The molecule has 0 aromatic heterocycles. The monoisotopic (exact) mass is 186 g/mol. The highest BCUT2D eigenvalue weighted by Gasteiger charge is 2.12. The van der Waals surface area contributed by atoms with E-state index >= 15 is 0 Å². The van der Waals surface area contributed by atoms with Crippen LogP contribution in [0.3, 0.4) is 0 Å². The zero-order chi connectivity index (χ0) is 10.9. The molecule has 0 aliphatic rings. The van der Waals surface area contributed by atoms with Crippen LogP contribution in [0, 0.1) is 5.41 Å². The van der Waals surface area contributed by atoms with E-state index in [-0.39, 0.29) is 0 Å². The van der Waals surface area contributed by atoms with Crippen molar-refractivity contribution >= 4 is 5.84 Å². The third-order valence-electron chi connectivity index (χ3n) is 1.35. The molecular formula is C11H26N2. The Bertz CT molecular complexity index is 132. The average molecular weight is 186 g/mol. The van der Waals surface area contributed by atoms with Gasteiger partial charge in [0.1, 0.15) is 0 Å². The maximum Gasteiger partial charge on any atom is 0.0964 e. The van der Waals surface area contributed by atoms with Gasteiger partial charge in [0.2, 0.25) is 0 Å². The van der Waals surface area contributed by atoms with Gasteiger partial charge in [-0.1, -0.05) is 34.6 Å². The number of hydrogen-bond acceptors (Lipinski definition) is 1. The van der Waals surface area contributed by atoms with E-state index in [9.17, 15) is 0 Å². The highest BCUT2D eigenvalue weighted by molar-refractivity contribution is 5.82. The van der Waals surface area contributed by atoms with Crippen LogP contribution in [0.1, 0.15) is 48.0 Å². The van der Waals surface area contributed by atoms with Crippen LogP contribution >= 0.6 is 0 Å². The molecule has 0 saturated carbocycles. The maximum atomic E-state index is 4.17. The molecule has 0 aromatic carbocycles. The molecule has 2 heteroatoms. The van der Waals surface area contributed by atoms with E-state index in [1.165, 1.54) is 0 Å². The van der Waals surface area contributed by atoms with Gasteiger partial charge in [0.15, 0.2) is 0 Å². The van der Waals surface area contributed by atoms with Gasteiger partial charge in [0, 0.05) is 20.0 Å². The van der Waals surface area contributed by atoms with Gasteiger partial charge >= 0.3 is 0 Å². The predicted molar refractivity (Wildman–Crippen MR) is 62.5 cm³/mol. The third kappa shape index (κ3) is 11.5. The first-order valence-electron chi connectivity index (χ1n) is 5.19. The van der Waals surface area contributed by atoms with Crippen molar-refractivity contribution in [2.45, 2.75) is 48.0 Å². The summed E-state index contributed by atoms with van der Waals surface area (Å²) in [5.74, 6) is 1.11. The van der Waals surface area contributed by atoms with Crippen molar-refractivity contribution in [1.29, 1.82) is 0 Å². The van der Waals surface area contributed by atoms with Crippen LogP contribution in [0.4, 0.5) is 0 Å². The van der Waals surface area contributed by atoms with Crippen LogP contribution in [-0.4, -0.2) is 19.4 Å². The first-order valence-corrected chi connectivity index (χ1v) is 5.19. The zero-order valence-corrected chi connectivity index (χ0v) is 10.4. The van der Waals surface area contributed by atoms with Crippen molar-refractivity contribution in [3.63, 3.8) is 0 Å². The summed E-state index contributed by atoms with van der Waals surface area (Å²) in [4.78, 5) is 4.17. The number of amidine groups is 1. The van der Waals surface area contributed by atoms with E-state index in [0.29, 0.717) is 5.41 Å². The second-order valence-electron chi connectivity index (χ2n) is 3.94. The topological polar surface area (TPSA) is 24.4 Å². The van der Waals surface area contributed by atoms with E-state index in [0.717, 1.165) is 18.8 Å². The zero-order valence-electron chi connectivity index (χ0n) is 10.4. The minimum Gasteiger partial charge on any atom is -0.374 e. The molecule has 2 nitrogen and oxygen atoms in total. The summed E-state index contributed by atoms with van der Waals surface area (Å²) in [7, 11) is 1.84. The molecule has 0 aliphatic carbocycles. The molecule has 0 amide bonds. The van der Waals surface area contributed by atoms with Gasteiger partial charge in [0.25, 0.3) is 0 Å². The van der Waals surface area contributed by atoms with E-state index < -0.39 is 0 Å². The summed E-state index contributed by atoms with van der Waals surface area (Å²) in [6, 6.07) is 0. The normalized spacial score (nSPS) is 11.8. The van der Waals surface area contributed by atoms with Gasteiger partial charge in [-0.15, -0.1) is 0 Å². The lowest BCUT2D eigenvalue weighted by molar-refractivity contribution is 0.429. The Morgan fingerprint density at radius 3 is 1.92 bits per heavy atom. The lowest BCUT2D eigenvalue weighted by Crippen LogP contribution is -2.27. The fraction of sp³-hybridized carbons (Fsp3) is 0.909. The first kappa shape index (κ1) is 15.0. The van der Waals surface area contributed by atoms with Crippen molar-refractivity contribution in [3.05, 3.63) is 0 Å². The SMILES string of the molecule is CC.CCNC(CC(C)(C)C)=NC. The molecule has 1 N–H and O–H groups in total. The number of hydrogen-bond donors (Lipinski definition) is 1. The third-order valence-corrected chi connectivity index (χ3v) is 1.35. The molecule has 0 fully saturated rings. The fourth-order valence-electron chi connectivity index (χ4n) is 0.927. The van der Waals surface area contributed by atoms with E-state index in [1.54, 1.807) is 0 Å². The molecule has 0 radical (unpaired) electrons. The molecule has 80 valence electrons. The predicted octanol–water partition coefficient (Wildman–Crippen LogP) is 3.09. The van der Waals surface area contributed by atoms with Crippen molar-refractivity contribution in [2.75, 3.05) is 13.6 Å². The van der Waals surface area contributed by atoms with Gasteiger partial charge in [-0.25, -0.2) is 0 Å². The molecule has 0 aromatic rings. The Balaban J connectivity index is 0. The maximum absolute atomic E-state index is 4.17. The van der Waals surface area contributed by atoms with E-state index in [1.807, 2.05) is 20.9 Å². The quantitative estimate of drug-likeness (QED) is 0.520. The van der Waals surface area contributed by atoms with Crippen molar-refractivity contribution in [1.82, 2.24) is 5.32 Å². The molecule has 0 unspecified atom stereocenters. The highest BCUT2D eigenvalue weighted by Crippen LogP contribution is 2.18. The van der Waals surface area contributed by atoms with E-state index in [2.05, 4.69) is 38.0 Å². The molecule has 0 bridgehead atoms. The number of rotatable bonds is 2. The summed E-state index contributed by atoms with van der Waals surface area (Å²) in [6.45, 7) is 13.7. The van der Waals surface area contributed by atoms with Crippen LogP contribution in [0.25, 0.3) is 0 Å². The number of nitrogens with zero attached hydrogens (tertiary/aromatic N) is 1. The molecule has 0 atom stereocenters. The number of nitrogens with one attached hydrogen (secondary N) is 1. The fourth-order valence-corrected chi connectivity index (χ4v) is 0.927. The summed E-state index contributed by atoms with van der Waals surface area (Å²) < 4.78 is 0. The Morgan fingerprint density at radius 1 is 1.23 bits per heavy atom. The molecule has 0 saturated heterocycles. The highest BCUT2D eigenvalue weighted by atomic mass is 15.0. The molecule has 0 spiro atoms. The lowest BCUT2D eigenvalue weighted by atomic mass is 9.92. The molecule has 0 aliphatic heterocycles. The van der Waals surface area contributed by atoms with Crippen molar-refractivity contribution in [2.24, 2.45) is 10.4 Å².